The van der Waals surface area contributed by atoms with Crippen LogP contribution in [0.4, 0.5) is 10.9 Å². The SMILES string of the molecule is CC(=O)OC[C@@H]1OC(Cc2ccc(CNCCOC34CC5(C)CC(C)(CC(Cn6ncc(-c7ccc(N8CCc9cccc(C(=O)Nc%10nc%11ccccc%11s%10)c9C8)nc7C(=O)OC(C)(C)C)c6C)(C5)C3)C4)cc2)[C@@H](CC(=O)O)[C@@H](CC(=O)O)[C@H]1CC(=O)O. The topological polar surface area (TPSA) is 271 Å². The van der Waals surface area contributed by atoms with Crippen molar-refractivity contribution in [3.8, 4) is 11.1 Å². The van der Waals surface area contributed by atoms with Gasteiger partial charge in [-0.3, -0.25) is 34.0 Å². The van der Waals surface area contributed by atoms with Crippen molar-refractivity contribution in [1.82, 2.24) is 25.1 Å². The summed E-state index contributed by atoms with van der Waals surface area (Å²) in [7, 11) is 0. The molecule has 0 spiro atoms. The van der Waals surface area contributed by atoms with Gasteiger partial charge >= 0.3 is 29.8 Å². The Morgan fingerprint density at radius 1 is 0.775 bits per heavy atom. The molecule has 0 radical (unpaired) electrons. The molecule has 6 aliphatic rings. The molecule has 6 aromatic rings. The Morgan fingerprint density at radius 3 is 2.15 bits per heavy atom. The number of carbonyl (C=O) groups is 6. The third-order valence-electron chi connectivity index (χ3n) is 18.9. The maximum Gasteiger partial charge on any atom is 0.358 e. The number of ether oxygens (including phenoxy) is 4. The highest BCUT2D eigenvalue weighted by molar-refractivity contribution is 7.22. The molecule has 4 bridgehead atoms. The van der Waals surface area contributed by atoms with Crippen molar-refractivity contribution in [2.24, 2.45) is 34.0 Å². The smallest absolute Gasteiger partial charge is 0.358 e. The Kier molecular flexibility index (Phi) is 17.7. The van der Waals surface area contributed by atoms with E-state index in [4.69, 9.17) is 29.0 Å². The molecule has 2 aliphatic heterocycles. The quantitative estimate of drug-likeness (QED) is 0.0295. The van der Waals surface area contributed by atoms with Crippen molar-refractivity contribution in [2.75, 3.05) is 36.5 Å². The van der Waals surface area contributed by atoms with Crippen LogP contribution in [0.15, 0.2) is 85.1 Å². The van der Waals surface area contributed by atoms with Crippen LogP contribution >= 0.6 is 11.3 Å². The Hall–Kier alpha value is -7.59. The number of carboxylic acids is 3. The van der Waals surface area contributed by atoms with E-state index in [1.54, 1.807) is 0 Å². The highest BCUT2D eigenvalue weighted by atomic mass is 32.1. The Bertz CT molecular complexity index is 3630. The lowest BCUT2D eigenvalue weighted by Crippen LogP contribution is -2.64. The second kappa shape index (κ2) is 25.0. The molecule has 3 aromatic heterocycles. The number of amides is 1. The third kappa shape index (κ3) is 14.2. The van der Waals surface area contributed by atoms with Gasteiger partial charge in [-0.05, 0) is 160 Å². The molecule has 1 amide bonds. The fourth-order valence-corrected chi connectivity index (χ4v) is 17.5. The predicted octanol–water partition coefficient (Wildman–Crippen LogP) is 10.7. The van der Waals surface area contributed by atoms with Crippen molar-refractivity contribution in [1.29, 1.82) is 0 Å². The summed E-state index contributed by atoms with van der Waals surface area (Å²) in [4.78, 5) is 88.2. The van der Waals surface area contributed by atoms with Crippen molar-refractivity contribution in [2.45, 2.75) is 162 Å². The standard InChI is InChI=1S/C68H81N7O13S/c1-40-50(45-19-20-56(72-60(45)62(84)88-64(3,4)5)74-23-21-44-11-10-12-46(51(44)31-74)61(83)73-63-71-52-13-8-9-14-55(52)89-63)30-70-75(40)39-67-34-65(6)33-66(7,35-67)37-68(36-65,38-67)86-24-22-69-29-43-17-15-42(16-18-43)25-53-48(27-58(79)80)47(26-57(77)78)49(28-59(81)82)54(87-53)32-85-41(2)76/h8-20,30,47-49,53-54,69H,21-29,31-39H2,1-7H3,(H,77,78)(H,79,80)(H,81,82)(H,71,73,83)/t47-,48+,49-,53?,54+,65?,66?,67?,68?/m1/s1. The van der Waals surface area contributed by atoms with Crippen LogP contribution in [-0.4, -0.2) is 121 Å². The maximum atomic E-state index is 14.3. The van der Waals surface area contributed by atoms with E-state index in [0.717, 1.165) is 82.3 Å². The molecule has 7 atom stereocenters. The molecule has 1 saturated heterocycles. The van der Waals surface area contributed by atoms with Crippen molar-refractivity contribution < 1.29 is 63.0 Å². The van der Waals surface area contributed by atoms with E-state index in [9.17, 15) is 44.1 Å². The van der Waals surface area contributed by atoms with E-state index in [2.05, 4.69) is 52.0 Å². The number of anilines is 2. The number of esters is 2. The number of hydrogen-bond donors (Lipinski definition) is 5. The number of aliphatic carboxylic acids is 3. The fraction of sp³-hybridized carbons (Fsp3) is 0.515. The van der Waals surface area contributed by atoms with Crippen molar-refractivity contribution in [3.63, 3.8) is 0 Å². The summed E-state index contributed by atoms with van der Waals surface area (Å²) in [6.45, 7) is 16.9. The monoisotopic (exact) mass is 1240 g/mol. The van der Waals surface area contributed by atoms with Gasteiger partial charge in [0.25, 0.3) is 5.91 Å². The van der Waals surface area contributed by atoms with Gasteiger partial charge in [-0.15, -0.1) is 0 Å². The molecule has 89 heavy (non-hydrogen) atoms. The maximum absolute atomic E-state index is 14.3. The average molecular weight is 1240 g/mol. The number of fused-ring (bicyclic) bond motifs is 2. The molecule has 5 heterocycles. The molecule has 3 unspecified atom stereocenters. The first kappa shape index (κ1) is 63.0. The molecule has 5 fully saturated rings. The predicted molar refractivity (Wildman–Crippen MR) is 334 cm³/mol. The zero-order chi connectivity index (χ0) is 63.2. The molecule has 12 rings (SSSR count). The molecule has 4 saturated carbocycles. The summed E-state index contributed by atoms with van der Waals surface area (Å²) in [6.07, 6.45) is 5.86. The second-order valence-corrected chi connectivity index (χ2v) is 28.7. The first-order chi connectivity index (χ1) is 42.2. The van der Waals surface area contributed by atoms with Crippen LogP contribution < -0.4 is 15.5 Å². The van der Waals surface area contributed by atoms with Gasteiger partial charge in [0.2, 0.25) is 0 Å². The minimum absolute atomic E-state index is 0.0802. The van der Waals surface area contributed by atoms with E-state index in [1.165, 1.54) is 18.3 Å². The second-order valence-electron chi connectivity index (χ2n) is 27.6. The highest BCUT2D eigenvalue weighted by Crippen LogP contribution is 2.72. The largest absolute Gasteiger partial charge is 0.481 e. The van der Waals surface area contributed by atoms with Crippen LogP contribution in [-0.2, 0) is 70.6 Å². The van der Waals surface area contributed by atoms with Gasteiger partial charge in [0, 0.05) is 74.4 Å². The third-order valence-corrected chi connectivity index (χ3v) is 19.9. The van der Waals surface area contributed by atoms with Gasteiger partial charge in [-0.2, -0.15) is 5.10 Å². The van der Waals surface area contributed by atoms with Gasteiger partial charge in [0.1, 0.15) is 18.0 Å². The summed E-state index contributed by atoms with van der Waals surface area (Å²) < 4.78 is 27.9. The number of para-hydroxylation sites is 1. The average Bonchev–Trinajstić information content (AvgIpc) is 1.01. The number of benzene rings is 3. The normalized spacial score (nSPS) is 26.2. The van der Waals surface area contributed by atoms with Crippen LogP contribution in [0.5, 0.6) is 0 Å². The highest BCUT2D eigenvalue weighted by Gasteiger charge is 2.66. The first-order valence-electron chi connectivity index (χ1n) is 30.9. The number of nitrogens with zero attached hydrogens (tertiary/aromatic N) is 5. The van der Waals surface area contributed by atoms with Gasteiger partial charge in [-0.1, -0.05) is 73.7 Å². The lowest BCUT2D eigenvalue weighted by atomic mass is 9.39. The van der Waals surface area contributed by atoms with Crippen LogP contribution in [0.1, 0.15) is 148 Å². The molecule has 20 nitrogen and oxygen atoms in total. The molecule has 4 aliphatic carbocycles. The van der Waals surface area contributed by atoms with Gasteiger partial charge in [-0.25, -0.2) is 14.8 Å². The van der Waals surface area contributed by atoms with Crippen LogP contribution in [0.2, 0.25) is 0 Å². The summed E-state index contributed by atoms with van der Waals surface area (Å²) in [6, 6.07) is 25.4. The number of pyridine rings is 1. The van der Waals surface area contributed by atoms with Gasteiger partial charge in [0.05, 0.1) is 53.7 Å². The van der Waals surface area contributed by atoms with Crippen LogP contribution in [0, 0.1) is 40.9 Å². The number of rotatable bonds is 23. The van der Waals surface area contributed by atoms with E-state index in [1.807, 2.05) is 99.8 Å². The number of nitrogens with one attached hydrogen (secondary N) is 2. The molecule has 21 heteroatoms. The summed E-state index contributed by atoms with van der Waals surface area (Å²) >= 11 is 1.44. The van der Waals surface area contributed by atoms with Crippen molar-refractivity contribution in [3.05, 3.63) is 124 Å². The lowest BCUT2D eigenvalue weighted by molar-refractivity contribution is -0.247. The number of thiazole rings is 1. The van der Waals surface area contributed by atoms with E-state index >= 15 is 0 Å². The minimum Gasteiger partial charge on any atom is -0.481 e. The van der Waals surface area contributed by atoms with Gasteiger partial charge < -0.3 is 44.5 Å². The number of carboxylic acid groups (broad SMARTS) is 3. The molecule has 5 N–H and O–H groups in total. The number of hydrogen-bond acceptors (Lipinski definition) is 16. The number of aromatic nitrogens is 4. The van der Waals surface area contributed by atoms with E-state index in [0.29, 0.717) is 67.8 Å². The van der Waals surface area contributed by atoms with Crippen LogP contribution in [0.25, 0.3) is 21.3 Å². The molecular formula is C68H81N7O13S. The summed E-state index contributed by atoms with van der Waals surface area (Å²) in [5.41, 5.74) is 6.82. The lowest BCUT2D eigenvalue weighted by Gasteiger charge is -2.69. The van der Waals surface area contributed by atoms with E-state index in [-0.39, 0.29) is 46.5 Å². The summed E-state index contributed by atoms with van der Waals surface area (Å²) in [5.74, 6) is -6.83. The molecular weight excluding hydrogens is 1150 g/mol. The number of carbonyl (C=O) groups excluding carboxylic acids is 3. The van der Waals surface area contributed by atoms with E-state index < -0.39 is 84.7 Å². The molecule has 472 valence electrons. The Labute approximate surface area is 522 Å². The first-order valence-corrected chi connectivity index (χ1v) is 31.7. The minimum atomic E-state index is -1.19. The Balaban J connectivity index is 0.749. The summed E-state index contributed by atoms with van der Waals surface area (Å²) in [5, 5.41) is 41.8. The molecule has 3 aromatic carbocycles. The zero-order valence-corrected chi connectivity index (χ0v) is 52.6. The van der Waals surface area contributed by atoms with Crippen molar-refractivity contribution >= 4 is 68.3 Å². The van der Waals surface area contributed by atoms with Crippen LogP contribution in [0.3, 0.4) is 0 Å². The zero-order valence-electron chi connectivity index (χ0n) is 51.8. The Morgan fingerprint density at radius 2 is 1.46 bits per heavy atom. The fourth-order valence-electron chi connectivity index (χ4n) is 16.7. The van der Waals surface area contributed by atoms with Gasteiger partial charge in [0.15, 0.2) is 10.8 Å².